The summed E-state index contributed by atoms with van der Waals surface area (Å²) in [6.45, 7) is 5.65. The van der Waals surface area contributed by atoms with Gasteiger partial charge in [-0.1, -0.05) is 6.92 Å². The number of alkyl halides is 3. The molecule has 0 aliphatic rings. The standard InChI is InChI=1S/C12H19F3N4O/c1-4-16-11-18-9(12(13,14)15)5-10(19-11)17-8(3)7(2)6-20/h5,7-8,20H,4,6H2,1-3H3,(H2,16,17,18,19). The Labute approximate surface area is 115 Å². The van der Waals surface area contributed by atoms with Gasteiger partial charge in [-0.05, 0) is 19.8 Å². The molecule has 2 unspecified atom stereocenters. The SMILES string of the molecule is CCNc1nc(NC(C)C(C)CO)cc(C(F)(F)F)n1. The van der Waals surface area contributed by atoms with Gasteiger partial charge in [0.05, 0.1) is 0 Å². The van der Waals surface area contributed by atoms with Crippen molar-refractivity contribution in [2.75, 3.05) is 23.8 Å². The quantitative estimate of drug-likeness (QED) is 0.751. The molecule has 0 aliphatic heterocycles. The molecule has 1 rings (SSSR count). The molecule has 114 valence electrons. The summed E-state index contributed by atoms with van der Waals surface area (Å²) >= 11 is 0. The Morgan fingerprint density at radius 1 is 1.30 bits per heavy atom. The maximum absolute atomic E-state index is 12.8. The molecule has 5 nitrogen and oxygen atoms in total. The first-order valence-corrected chi connectivity index (χ1v) is 6.35. The van der Waals surface area contributed by atoms with E-state index in [1.165, 1.54) is 0 Å². The third-order valence-electron chi connectivity index (χ3n) is 2.87. The maximum Gasteiger partial charge on any atom is 0.433 e. The van der Waals surface area contributed by atoms with E-state index in [1.807, 2.05) is 0 Å². The minimum atomic E-state index is -4.53. The number of anilines is 2. The molecule has 0 aromatic carbocycles. The highest BCUT2D eigenvalue weighted by atomic mass is 19.4. The second kappa shape index (κ2) is 6.74. The molecule has 0 aliphatic carbocycles. The molecular formula is C12H19F3N4O. The third-order valence-corrected chi connectivity index (χ3v) is 2.87. The Hall–Kier alpha value is -1.57. The van der Waals surface area contributed by atoms with Gasteiger partial charge in [0.1, 0.15) is 5.82 Å². The second-order valence-electron chi connectivity index (χ2n) is 4.58. The van der Waals surface area contributed by atoms with Crippen molar-refractivity contribution in [1.29, 1.82) is 0 Å². The lowest BCUT2D eigenvalue weighted by atomic mass is 10.1. The summed E-state index contributed by atoms with van der Waals surface area (Å²) in [5.74, 6) is -0.105. The number of aliphatic hydroxyl groups excluding tert-OH is 1. The highest BCUT2D eigenvalue weighted by Gasteiger charge is 2.33. The van der Waals surface area contributed by atoms with Crippen LogP contribution < -0.4 is 10.6 Å². The van der Waals surface area contributed by atoms with Crippen LogP contribution in [0.25, 0.3) is 0 Å². The first-order valence-electron chi connectivity index (χ1n) is 6.35. The van der Waals surface area contributed by atoms with E-state index < -0.39 is 11.9 Å². The van der Waals surface area contributed by atoms with Crippen LogP contribution in [0.15, 0.2) is 6.07 Å². The third kappa shape index (κ3) is 4.52. The van der Waals surface area contributed by atoms with Gasteiger partial charge in [-0.15, -0.1) is 0 Å². The van der Waals surface area contributed by atoms with E-state index in [0.717, 1.165) is 6.07 Å². The van der Waals surface area contributed by atoms with Gasteiger partial charge in [0.15, 0.2) is 5.69 Å². The Balaban J connectivity index is 3.03. The Bertz CT molecular complexity index is 439. The van der Waals surface area contributed by atoms with Crippen LogP contribution in [0.4, 0.5) is 24.9 Å². The minimum absolute atomic E-state index is 0.0640. The van der Waals surface area contributed by atoms with Gasteiger partial charge in [0.2, 0.25) is 5.95 Å². The van der Waals surface area contributed by atoms with Crippen molar-refractivity contribution in [3.05, 3.63) is 11.8 Å². The molecule has 0 saturated heterocycles. The van der Waals surface area contributed by atoms with Crippen molar-refractivity contribution in [2.45, 2.75) is 33.0 Å². The number of nitrogens with one attached hydrogen (secondary N) is 2. The van der Waals surface area contributed by atoms with Gasteiger partial charge >= 0.3 is 6.18 Å². The molecule has 8 heteroatoms. The fourth-order valence-electron chi connectivity index (χ4n) is 1.44. The average molecular weight is 292 g/mol. The van der Waals surface area contributed by atoms with E-state index in [2.05, 4.69) is 20.6 Å². The molecule has 2 atom stereocenters. The average Bonchev–Trinajstić information content (AvgIpc) is 2.36. The highest BCUT2D eigenvalue weighted by molar-refractivity contribution is 5.43. The zero-order chi connectivity index (χ0) is 15.3. The van der Waals surface area contributed by atoms with E-state index in [0.29, 0.717) is 6.54 Å². The summed E-state index contributed by atoms with van der Waals surface area (Å²) in [7, 11) is 0. The fourth-order valence-corrected chi connectivity index (χ4v) is 1.44. The Morgan fingerprint density at radius 3 is 2.45 bits per heavy atom. The molecule has 3 N–H and O–H groups in total. The molecular weight excluding hydrogens is 273 g/mol. The molecule has 1 heterocycles. The molecule has 0 bridgehead atoms. The molecule has 1 aromatic heterocycles. The van der Waals surface area contributed by atoms with Gasteiger partial charge in [0, 0.05) is 25.3 Å². The normalized spacial score (nSPS) is 14.8. The largest absolute Gasteiger partial charge is 0.433 e. The fraction of sp³-hybridized carbons (Fsp3) is 0.667. The van der Waals surface area contributed by atoms with E-state index >= 15 is 0 Å². The predicted octanol–water partition coefficient (Wildman–Crippen LogP) is 2.36. The van der Waals surface area contributed by atoms with E-state index in [-0.39, 0.29) is 30.3 Å². The summed E-state index contributed by atoms with van der Waals surface area (Å²) in [5, 5.41) is 14.6. The number of halogens is 3. The first kappa shape index (κ1) is 16.5. The van der Waals surface area contributed by atoms with Crippen molar-refractivity contribution in [3.8, 4) is 0 Å². The van der Waals surface area contributed by atoms with Crippen LogP contribution in [-0.4, -0.2) is 34.3 Å². The van der Waals surface area contributed by atoms with Crippen LogP contribution in [0.5, 0.6) is 0 Å². The van der Waals surface area contributed by atoms with Gasteiger partial charge in [0.25, 0.3) is 0 Å². The number of hydrogen-bond acceptors (Lipinski definition) is 5. The first-order chi connectivity index (χ1) is 9.27. The number of nitrogens with zero attached hydrogens (tertiary/aromatic N) is 2. The smallest absolute Gasteiger partial charge is 0.396 e. The zero-order valence-corrected chi connectivity index (χ0v) is 11.6. The van der Waals surface area contributed by atoms with Crippen LogP contribution in [0.1, 0.15) is 26.5 Å². The lowest BCUT2D eigenvalue weighted by molar-refractivity contribution is -0.141. The lowest BCUT2D eigenvalue weighted by Crippen LogP contribution is -2.27. The molecule has 0 fully saturated rings. The topological polar surface area (TPSA) is 70.1 Å². The zero-order valence-electron chi connectivity index (χ0n) is 11.6. The molecule has 0 spiro atoms. The predicted molar refractivity (Wildman–Crippen MR) is 70.5 cm³/mol. The lowest BCUT2D eigenvalue weighted by Gasteiger charge is -2.20. The van der Waals surface area contributed by atoms with Gasteiger partial charge in [-0.3, -0.25) is 0 Å². The van der Waals surface area contributed by atoms with E-state index in [4.69, 9.17) is 5.11 Å². The Morgan fingerprint density at radius 2 is 1.95 bits per heavy atom. The second-order valence-corrected chi connectivity index (χ2v) is 4.58. The molecule has 0 saturated carbocycles. The van der Waals surface area contributed by atoms with Crippen LogP contribution in [0.2, 0.25) is 0 Å². The summed E-state index contributed by atoms with van der Waals surface area (Å²) in [4.78, 5) is 7.41. The maximum atomic E-state index is 12.8. The summed E-state index contributed by atoms with van der Waals surface area (Å²) in [6.07, 6.45) is -4.53. The summed E-state index contributed by atoms with van der Waals surface area (Å²) in [6, 6.07) is 0.645. The van der Waals surface area contributed by atoms with Gasteiger partial charge in [-0.25, -0.2) is 4.98 Å². The number of aliphatic hydroxyl groups is 1. The minimum Gasteiger partial charge on any atom is -0.396 e. The van der Waals surface area contributed by atoms with Crippen molar-refractivity contribution in [3.63, 3.8) is 0 Å². The van der Waals surface area contributed by atoms with Crippen LogP contribution in [-0.2, 0) is 6.18 Å². The number of rotatable bonds is 6. The van der Waals surface area contributed by atoms with Crippen LogP contribution in [0.3, 0.4) is 0 Å². The van der Waals surface area contributed by atoms with Crippen molar-refractivity contribution in [2.24, 2.45) is 5.92 Å². The van der Waals surface area contributed by atoms with Crippen molar-refractivity contribution in [1.82, 2.24) is 9.97 Å². The summed E-state index contributed by atoms with van der Waals surface area (Å²) in [5.41, 5.74) is -1.00. The van der Waals surface area contributed by atoms with Gasteiger partial charge in [-0.2, -0.15) is 18.2 Å². The molecule has 1 aromatic rings. The van der Waals surface area contributed by atoms with Crippen LogP contribution >= 0.6 is 0 Å². The Kier molecular flexibility index (Phi) is 5.55. The van der Waals surface area contributed by atoms with Crippen molar-refractivity contribution >= 4 is 11.8 Å². The van der Waals surface area contributed by atoms with E-state index in [9.17, 15) is 13.2 Å². The van der Waals surface area contributed by atoms with Gasteiger partial charge < -0.3 is 15.7 Å². The summed E-state index contributed by atoms with van der Waals surface area (Å²) < 4.78 is 38.3. The van der Waals surface area contributed by atoms with E-state index in [1.54, 1.807) is 20.8 Å². The molecule has 0 radical (unpaired) electrons. The molecule has 20 heavy (non-hydrogen) atoms. The van der Waals surface area contributed by atoms with Crippen molar-refractivity contribution < 1.29 is 18.3 Å². The monoisotopic (exact) mass is 292 g/mol. The highest BCUT2D eigenvalue weighted by Crippen LogP contribution is 2.30. The molecule has 0 amide bonds. The number of aromatic nitrogens is 2. The number of hydrogen-bond donors (Lipinski definition) is 3. The van der Waals surface area contributed by atoms with Crippen LogP contribution in [0, 0.1) is 5.92 Å².